The Bertz CT molecular complexity index is 422. The van der Waals surface area contributed by atoms with Crippen LogP contribution in [0.5, 0.6) is 0 Å². The number of aliphatic hydroxyl groups excluding tert-OH is 2. The van der Waals surface area contributed by atoms with Crippen molar-refractivity contribution in [3.63, 3.8) is 0 Å². The lowest BCUT2D eigenvalue weighted by Gasteiger charge is -2.16. The Kier molecular flexibility index (Phi) is 4.84. The molecule has 0 aliphatic carbocycles. The molecule has 0 bridgehead atoms. The molecule has 1 aromatic rings. The zero-order chi connectivity index (χ0) is 12.8. The van der Waals surface area contributed by atoms with Gasteiger partial charge >= 0.3 is 0 Å². The molecule has 1 rings (SSSR count). The Balaban J connectivity index is 2.84. The highest BCUT2D eigenvalue weighted by Gasteiger charge is 2.19. The van der Waals surface area contributed by atoms with Gasteiger partial charge in [0, 0.05) is 10.5 Å². The van der Waals surface area contributed by atoms with Gasteiger partial charge in [0.05, 0.1) is 12.6 Å². The average Bonchev–Trinajstić information content (AvgIpc) is 2.35. The highest BCUT2D eigenvalue weighted by atomic mass is 19.3. The van der Waals surface area contributed by atoms with Gasteiger partial charge in [0.1, 0.15) is 6.10 Å². The van der Waals surface area contributed by atoms with Gasteiger partial charge in [0.15, 0.2) is 0 Å². The lowest BCUT2D eigenvalue weighted by Crippen LogP contribution is -2.21. The van der Waals surface area contributed by atoms with Crippen molar-refractivity contribution in [1.82, 2.24) is 0 Å². The van der Waals surface area contributed by atoms with E-state index in [-0.39, 0.29) is 17.7 Å². The van der Waals surface area contributed by atoms with E-state index in [2.05, 4.69) is 10.0 Å². The molecule has 1 aromatic carbocycles. The Morgan fingerprint density at radius 2 is 1.94 bits per heavy atom. The molecule has 5 nitrogen and oxygen atoms in total. The van der Waals surface area contributed by atoms with Crippen LogP contribution in [0.1, 0.15) is 23.7 Å². The predicted octanol–water partition coefficient (Wildman–Crippen LogP) is 2.33. The SMILES string of the molecule is [N-]=[N+]=NCC(O)C(O)c1cccc(C(F)F)c1. The molecule has 0 saturated heterocycles. The fourth-order valence-corrected chi connectivity index (χ4v) is 1.32. The average molecular weight is 243 g/mol. The van der Waals surface area contributed by atoms with Gasteiger partial charge in [-0.25, -0.2) is 8.78 Å². The third kappa shape index (κ3) is 3.67. The van der Waals surface area contributed by atoms with Crippen LogP contribution in [-0.2, 0) is 0 Å². The van der Waals surface area contributed by atoms with Crippen LogP contribution in [0, 0.1) is 0 Å². The van der Waals surface area contributed by atoms with Gasteiger partial charge in [0.2, 0.25) is 0 Å². The van der Waals surface area contributed by atoms with Crippen LogP contribution < -0.4 is 0 Å². The maximum atomic E-state index is 12.4. The summed E-state index contributed by atoms with van der Waals surface area (Å²) in [6.07, 6.45) is -5.32. The number of rotatable bonds is 5. The Labute approximate surface area is 95.9 Å². The standard InChI is InChI=1S/C10H11F2N3O2/c11-10(12)7-3-1-2-6(4-7)9(17)8(16)5-14-15-13/h1-4,8-10,16-17H,5H2. The van der Waals surface area contributed by atoms with Crippen LogP contribution in [0.3, 0.4) is 0 Å². The lowest BCUT2D eigenvalue weighted by atomic mass is 10.0. The minimum Gasteiger partial charge on any atom is -0.390 e. The molecule has 7 heteroatoms. The molecule has 0 spiro atoms. The summed E-state index contributed by atoms with van der Waals surface area (Å²) < 4.78 is 24.8. The number of hydrogen-bond donors (Lipinski definition) is 2. The number of alkyl halides is 2. The first-order chi connectivity index (χ1) is 8.06. The molecule has 2 atom stereocenters. The normalized spacial score (nSPS) is 14.2. The van der Waals surface area contributed by atoms with Crippen molar-refractivity contribution in [1.29, 1.82) is 0 Å². The van der Waals surface area contributed by atoms with E-state index in [4.69, 9.17) is 5.53 Å². The highest BCUT2D eigenvalue weighted by Crippen LogP contribution is 2.24. The molecule has 0 amide bonds. The van der Waals surface area contributed by atoms with Crippen LogP contribution in [0.15, 0.2) is 29.4 Å². The van der Waals surface area contributed by atoms with E-state index in [1.807, 2.05) is 0 Å². The maximum Gasteiger partial charge on any atom is 0.263 e. The molecule has 92 valence electrons. The Morgan fingerprint density at radius 1 is 1.29 bits per heavy atom. The number of benzene rings is 1. The topological polar surface area (TPSA) is 89.2 Å². The highest BCUT2D eigenvalue weighted by molar-refractivity contribution is 5.26. The molecule has 0 aliphatic rings. The smallest absolute Gasteiger partial charge is 0.263 e. The molecule has 2 N–H and O–H groups in total. The molecule has 0 fully saturated rings. The summed E-state index contributed by atoms with van der Waals surface area (Å²) in [4.78, 5) is 2.43. The molecule has 2 unspecified atom stereocenters. The van der Waals surface area contributed by atoms with Gasteiger partial charge in [-0.1, -0.05) is 23.3 Å². The zero-order valence-corrected chi connectivity index (χ0v) is 8.74. The number of azide groups is 1. The second-order valence-electron chi connectivity index (χ2n) is 3.40. The quantitative estimate of drug-likeness (QED) is 0.472. The minimum atomic E-state index is -2.64. The summed E-state index contributed by atoms with van der Waals surface area (Å²) in [5, 5.41) is 22.2. The van der Waals surface area contributed by atoms with E-state index in [1.165, 1.54) is 18.2 Å². The van der Waals surface area contributed by atoms with E-state index in [9.17, 15) is 19.0 Å². The number of hydrogen-bond acceptors (Lipinski definition) is 3. The fraction of sp³-hybridized carbons (Fsp3) is 0.400. The van der Waals surface area contributed by atoms with Gasteiger partial charge < -0.3 is 10.2 Å². The second-order valence-corrected chi connectivity index (χ2v) is 3.40. The van der Waals surface area contributed by atoms with E-state index in [0.29, 0.717) is 0 Å². The third-order valence-electron chi connectivity index (χ3n) is 2.20. The third-order valence-corrected chi connectivity index (χ3v) is 2.20. The van der Waals surface area contributed by atoms with Crippen molar-refractivity contribution >= 4 is 0 Å². The van der Waals surface area contributed by atoms with Crippen molar-refractivity contribution in [2.75, 3.05) is 6.54 Å². The van der Waals surface area contributed by atoms with E-state index >= 15 is 0 Å². The summed E-state index contributed by atoms with van der Waals surface area (Å²) in [5.74, 6) is 0. The van der Waals surface area contributed by atoms with Crippen molar-refractivity contribution in [2.45, 2.75) is 18.6 Å². The Morgan fingerprint density at radius 3 is 2.53 bits per heavy atom. The molecule has 0 heterocycles. The summed E-state index contributed by atoms with van der Waals surface area (Å²) in [5.41, 5.74) is 7.97. The van der Waals surface area contributed by atoms with Gasteiger partial charge in [-0.15, -0.1) is 0 Å². The van der Waals surface area contributed by atoms with Crippen molar-refractivity contribution in [3.05, 3.63) is 45.8 Å². The first kappa shape index (κ1) is 13.4. The summed E-state index contributed by atoms with van der Waals surface area (Å²) in [6, 6.07) is 5.10. The molecule has 0 aromatic heterocycles. The first-order valence-corrected chi connectivity index (χ1v) is 4.81. The Hall–Kier alpha value is -1.69. The van der Waals surface area contributed by atoms with Crippen molar-refractivity contribution in [2.24, 2.45) is 5.11 Å². The molecule has 0 aliphatic heterocycles. The van der Waals surface area contributed by atoms with Gasteiger partial charge in [-0.05, 0) is 17.2 Å². The van der Waals surface area contributed by atoms with Gasteiger partial charge in [0.25, 0.3) is 6.43 Å². The summed E-state index contributed by atoms with van der Waals surface area (Å²) in [7, 11) is 0. The van der Waals surface area contributed by atoms with Crippen LogP contribution in [-0.4, -0.2) is 22.9 Å². The lowest BCUT2D eigenvalue weighted by molar-refractivity contribution is 0.0242. The predicted molar refractivity (Wildman–Crippen MR) is 56.4 cm³/mol. The monoisotopic (exact) mass is 243 g/mol. The minimum absolute atomic E-state index is 0.156. The van der Waals surface area contributed by atoms with E-state index in [0.717, 1.165) is 6.07 Å². The summed E-state index contributed by atoms with van der Waals surface area (Å²) >= 11 is 0. The van der Waals surface area contributed by atoms with Crippen LogP contribution in [0.2, 0.25) is 0 Å². The van der Waals surface area contributed by atoms with Crippen LogP contribution in [0.25, 0.3) is 10.4 Å². The first-order valence-electron chi connectivity index (χ1n) is 4.81. The van der Waals surface area contributed by atoms with Gasteiger partial charge in [-0.2, -0.15) is 0 Å². The molecular weight excluding hydrogens is 232 g/mol. The molecule has 0 saturated carbocycles. The maximum absolute atomic E-state index is 12.4. The number of halogens is 2. The number of nitrogens with zero attached hydrogens (tertiary/aromatic N) is 3. The van der Waals surface area contributed by atoms with Crippen LogP contribution in [0.4, 0.5) is 8.78 Å². The zero-order valence-electron chi connectivity index (χ0n) is 8.74. The van der Waals surface area contributed by atoms with Crippen molar-refractivity contribution < 1.29 is 19.0 Å². The fourth-order valence-electron chi connectivity index (χ4n) is 1.32. The molecular formula is C10H11F2N3O2. The molecule has 0 radical (unpaired) electrons. The van der Waals surface area contributed by atoms with E-state index < -0.39 is 18.6 Å². The number of aliphatic hydroxyl groups is 2. The summed E-state index contributed by atoms with van der Waals surface area (Å²) in [6.45, 7) is -0.323. The molecule has 17 heavy (non-hydrogen) atoms. The van der Waals surface area contributed by atoms with Gasteiger partial charge in [-0.3, -0.25) is 0 Å². The second kappa shape index (κ2) is 6.15. The largest absolute Gasteiger partial charge is 0.390 e. The van der Waals surface area contributed by atoms with Crippen LogP contribution >= 0.6 is 0 Å². The van der Waals surface area contributed by atoms with Crippen molar-refractivity contribution in [3.8, 4) is 0 Å². The van der Waals surface area contributed by atoms with E-state index in [1.54, 1.807) is 0 Å².